The number of ether oxygens (including phenoxy) is 4. The lowest BCUT2D eigenvalue weighted by atomic mass is 10.1. The fourth-order valence-electron chi connectivity index (χ4n) is 3.87. The first-order valence-corrected chi connectivity index (χ1v) is 13.6. The maximum absolute atomic E-state index is 13.0. The third-order valence-corrected chi connectivity index (χ3v) is 6.02. The monoisotopic (exact) mass is 595 g/mol. The first-order valence-electron chi connectivity index (χ1n) is 13.6. The van der Waals surface area contributed by atoms with E-state index < -0.39 is 47.9 Å². The van der Waals surface area contributed by atoms with Crippen LogP contribution >= 0.6 is 0 Å². The van der Waals surface area contributed by atoms with Gasteiger partial charge in [-0.05, 0) is 38.8 Å². The van der Waals surface area contributed by atoms with E-state index in [1.54, 1.807) is 39.8 Å². The molecule has 0 saturated carbocycles. The number of esters is 2. The van der Waals surface area contributed by atoms with Gasteiger partial charge in [-0.25, -0.2) is 23.9 Å². The Kier molecular flexibility index (Phi) is 11.6. The van der Waals surface area contributed by atoms with Crippen molar-refractivity contribution in [3.05, 3.63) is 83.7 Å². The van der Waals surface area contributed by atoms with Crippen LogP contribution in [0.15, 0.2) is 66.9 Å². The van der Waals surface area contributed by atoms with Gasteiger partial charge in [-0.15, -0.1) is 5.10 Å². The van der Waals surface area contributed by atoms with Crippen molar-refractivity contribution in [2.75, 3.05) is 7.11 Å². The second kappa shape index (κ2) is 15.3. The molecule has 1 aromatic heterocycles. The highest BCUT2D eigenvalue weighted by atomic mass is 16.6. The smallest absolute Gasteiger partial charge is 0.408 e. The van der Waals surface area contributed by atoms with Gasteiger partial charge in [0, 0.05) is 6.42 Å². The Labute approximate surface area is 249 Å². The lowest BCUT2D eigenvalue weighted by molar-refractivity contribution is -0.147. The zero-order chi connectivity index (χ0) is 31.4. The van der Waals surface area contributed by atoms with Gasteiger partial charge in [-0.2, -0.15) is 0 Å². The number of alkyl carbamates (subject to hydrolysis) is 2. The number of nitrogens with one attached hydrogen (secondary N) is 2. The highest BCUT2D eigenvalue weighted by molar-refractivity contribution is 5.82. The van der Waals surface area contributed by atoms with Gasteiger partial charge in [0.1, 0.15) is 30.6 Å². The van der Waals surface area contributed by atoms with E-state index in [0.29, 0.717) is 0 Å². The standard InChI is InChI=1S/C30H37N5O8/c1-20(25(27(37)40-5)32-28(38)42-18-22-14-10-7-11-15-22)35-17-23(33-34-35)19-41-26(36)24(16-21-12-8-6-9-13-21)31-29(39)43-30(2,3)4/h6-15,17,20,24-25H,16,18-19H2,1-5H3,(H,31,39)(H,32,38)/t20-,24-,25-/m0/s1. The Balaban J connectivity index is 1.62. The largest absolute Gasteiger partial charge is 0.467 e. The van der Waals surface area contributed by atoms with E-state index in [1.165, 1.54) is 18.0 Å². The summed E-state index contributed by atoms with van der Waals surface area (Å²) in [4.78, 5) is 50.3. The molecule has 2 aromatic carbocycles. The normalized spacial score (nSPS) is 13.1. The number of rotatable bonds is 12. The number of amides is 2. The fraction of sp³-hybridized carbons (Fsp3) is 0.400. The third kappa shape index (κ3) is 10.8. The van der Waals surface area contributed by atoms with Crippen LogP contribution in [0.4, 0.5) is 9.59 Å². The Morgan fingerprint density at radius 2 is 1.47 bits per heavy atom. The van der Waals surface area contributed by atoms with Crippen molar-refractivity contribution in [1.82, 2.24) is 25.6 Å². The highest BCUT2D eigenvalue weighted by Gasteiger charge is 2.31. The van der Waals surface area contributed by atoms with E-state index in [4.69, 9.17) is 18.9 Å². The number of carbonyl (C=O) groups is 4. The average Bonchev–Trinajstić information content (AvgIpc) is 3.46. The molecule has 0 bridgehead atoms. The number of aromatic nitrogens is 3. The molecule has 0 spiro atoms. The van der Waals surface area contributed by atoms with Crippen molar-refractivity contribution >= 4 is 24.1 Å². The van der Waals surface area contributed by atoms with Gasteiger partial charge in [0.25, 0.3) is 0 Å². The number of methoxy groups -OCH3 is 1. The lowest BCUT2D eigenvalue weighted by Gasteiger charge is -2.23. The molecule has 0 radical (unpaired) electrons. The fourth-order valence-corrected chi connectivity index (χ4v) is 3.87. The molecule has 230 valence electrons. The summed E-state index contributed by atoms with van der Waals surface area (Å²) < 4.78 is 22.2. The predicted octanol–water partition coefficient (Wildman–Crippen LogP) is 3.49. The number of benzene rings is 2. The maximum Gasteiger partial charge on any atom is 0.408 e. The van der Waals surface area contributed by atoms with Crippen molar-refractivity contribution in [2.45, 2.75) is 71.1 Å². The van der Waals surface area contributed by atoms with Gasteiger partial charge in [-0.3, -0.25) is 0 Å². The predicted molar refractivity (Wildman–Crippen MR) is 153 cm³/mol. The quantitative estimate of drug-likeness (QED) is 0.234. The highest BCUT2D eigenvalue weighted by Crippen LogP contribution is 2.14. The third-order valence-electron chi connectivity index (χ3n) is 6.02. The van der Waals surface area contributed by atoms with Crippen molar-refractivity contribution in [1.29, 1.82) is 0 Å². The number of hydrogen-bond acceptors (Lipinski definition) is 10. The van der Waals surface area contributed by atoms with Crippen molar-refractivity contribution in [3.8, 4) is 0 Å². The Morgan fingerprint density at radius 1 is 0.837 bits per heavy atom. The molecule has 3 atom stereocenters. The molecule has 3 rings (SSSR count). The topological polar surface area (TPSA) is 160 Å². The first-order chi connectivity index (χ1) is 20.4. The molecule has 0 aliphatic carbocycles. The average molecular weight is 596 g/mol. The summed E-state index contributed by atoms with van der Waals surface area (Å²) in [5.41, 5.74) is 1.11. The summed E-state index contributed by atoms with van der Waals surface area (Å²) in [6, 6.07) is 15.3. The minimum absolute atomic E-state index is 0.0157. The zero-order valence-electron chi connectivity index (χ0n) is 24.8. The van der Waals surface area contributed by atoms with Crippen molar-refractivity contribution in [2.24, 2.45) is 0 Å². The first kappa shape index (κ1) is 32.6. The number of carbonyl (C=O) groups excluding carboxylic acids is 4. The molecular formula is C30H37N5O8. The molecule has 43 heavy (non-hydrogen) atoms. The van der Waals surface area contributed by atoms with Crippen molar-refractivity contribution in [3.63, 3.8) is 0 Å². The van der Waals surface area contributed by atoms with Crippen LogP contribution in [0.3, 0.4) is 0 Å². The van der Waals surface area contributed by atoms with Crippen LogP contribution in [0.1, 0.15) is 50.6 Å². The molecule has 0 aliphatic rings. The second-order valence-corrected chi connectivity index (χ2v) is 10.6. The second-order valence-electron chi connectivity index (χ2n) is 10.6. The van der Waals surface area contributed by atoms with Gasteiger partial charge < -0.3 is 29.6 Å². The van der Waals surface area contributed by atoms with Gasteiger partial charge >= 0.3 is 24.1 Å². The van der Waals surface area contributed by atoms with Gasteiger partial charge in [0.05, 0.1) is 19.3 Å². The zero-order valence-corrected chi connectivity index (χ0v) is 24.8. The Morgan fingerprint density at radius 3 is 2.07 bits per heavy atom. The van der Waals surface area contributed by atoms with Gasteiger partial charge in [0.15, 0.2) is 6.04 Å². The Hall–Kier alpha value is -4.94. The molecule has 1 heterocycles. The summed E-state index contributed by atoms with van der Waals surface area (Å²) in [7, 11) is 1.20. The Bertz CT molecular complexity index is 1360. The SMILES string of the molecule is COC(=O)[C@@H](NC(=O)OCc1ccccc1)[C@H](C)n1cc(COC(=O)[C@H](Cc2ccccc2)NC(=O)OC(C)(C)C)nn1. The summed E-state index contributed by atoms with van der Waals surface area (Å²) in [5, 5.41) is 13.1. The summed E-state index contributed by atoms with van der Waals surface area (Å²) >= 11 is 0. The molecule has 2 N–H and O–H groups in total. The molecule has 13 nitrogen and oxygen atoms in total. The molecule has 2 amide bonds. The van der Waals surface area contributed by atoms with Crippen LogP contribution in [-0.4, -0.2) is 63.9 Å². The molecule has 3 aromatic rings. The minimum atomic E-state index is -1.15. The maximum atomic E-state index is 13.0. The van der Waals surface area contributed by atoms with E-state index in [-0.39, 0.29) is 25.3 Å². The van der Waals surface area contributed by atoms with Crippen LogP contribution < -0.4 is 10.6 Å². The van der Waals surface area contributed by atoms with Crippen molar-refractivity contribution < 1.29 is 38.1 Å². The lowest BCUT2D eigenvalue weighted by Crippen LogP contribution is -2.46. The van der Waals surface area contributed by atoms with E-state index >= 15 is 0 Å². The van der Waals surface area contributed by atoms with Crippen LogP contribution in [0, 0.1) is 0 Å². The van der Waals surface area contributed by atoms with E-state index in [0.717, 1.165) is 11.1 Å². The van der Waals surface area contributed by atoms with Gasteiger partial charge in [0.2, 0.25) is 0 Å². The van der Waals surface area contributed by atoms with Crippen LogP contribution in [0.25, 0.3) is 0 Å². The molecule has 0 unspecified atom stereocenters. The van der Waals surface area contributed by atoms with E-state index in [9.17, 15) is 19.2 Å². The summed E-state index contributed by atoms with van der Waals surface area (Å²) in [5.74, 6) is -1.42. The van der Waals surface area contributed by atoms with Crippen LogP contribution in [0.2, 0.25) is 0 Å². The number of hydrogen-bond donors (Lipinski definition) is 2. The molecular weight excluding hydrogens is 558 g/mol. The van der Waals surface area contributed by atoms with Crippen LogP contribution in [-0.2, 0) is 48.2 Å². The molecule has 0 saturated heterocycles. The summed E-state index contributed by atoms with van der Waals surface area (Å²) in [6.45, 7) is 6.54. The van der Waals surface area contributed by atoms with E-state index in [1.807, 2.05) is 48.5 Å². The minimum Gasteiger partial charge on any atom is -0.467 e. The summed E-state index contributed by atoms with van der Waals surface area (Å²) in [6.07, 6.45) is 0.0736. The molecule has 0 fully saturated rings. The molecule has 13 heteroatoms. The van der Waals surface area contributed by atoms with E-state index in [2.05, 4.69) is 20.9 Å². The molecule has 0 aliphatic heterocycles. The van der Waals surface area contributed by atoms with Gasteiger partial charge in [-0.1, -0.05) is 65.9 Å². The number of nitrogens with zero attached hydrogens (tertiary/aromatic N) is 3. The van der Waals surface area contributed by atoms with Crippen LogP contribution in [0.5, 0.6) is 0 Å².